The van der Waals surface area contributed by atoms with Gasteiger partial charge >= 0.3 is 0 Å². The highest BCUT2D eigenvalue weighted by Gasteiger charge is 2.39. The molecule has 0 aliphatic heterocycles. The molecule has 2 atom stereocenters. The zero-order valence-corrected chi connectivity index (χ0v) is 16.4. The largest absolute Gasteiger partial charge is 0.377 e. The molecule has 1 saturated carbocycles. The van der Waals surface area contributed by atoms with Gasteiger partial charge < -0.3 is 11.1 Å². The number of carbonyl (C=O) groups excluding carboxylic acids is 1. The Bertz CT molecular complexity index is 1050. The van der Waals surface area contributed by atoms with Crippen molar-refractivity contribution in [2.45, 2.75) is 51.7 Å². The number of nitrogens with two attached hydrogens (primary N) is 1. The number of hydrogen-bond acceptors (Lipinski definition) is 3. The highest BCUT2D eigenvalue weighted by Crippen LogP contribution is 2.37. The van der Waals surface area contributed by atoms with Crippen LogP contribution in [0.1, 0.15) is 47.7 Å². The molecule has 1 aliphatic rings. The fraction of sp³-hybridized carbons (Fsp3) is 0.364. The Morgan fingerprint density at radius 1 is 1.25 bits per heavy atom. The van der Waals surface area contributed by atoms with Gasteiger partial charge in [0, 0.05) is 11.8 Å². The van der Waals surface area contributed by atoms with Crippen molar-refractivity contribution in [1.82, 2.24) is 9.61 Å². The highest BCUT2D eigenvalue weighted by atomic mass is 19.1. The van der Waals surface area contributed by atoms with Gasteiger partial charge in [0.05, 0.1) is 29.0 Å². The van der Waals surface area contributed by atoms with E-state index < -0.39 is 11.6 Å². The van der Waals surface area contributed by atoms with E-state index in [0.29, 0.717) is 24.0 Å². The second-order valence-corrected chi connectivity index (χ2v) is 8.10. The summed E-state index contributed by atoms with van der Waals surface area (Å²) < 4.78 is 16.6. The maximum atomic E-state index is 14.9. The molecule has 1 fully saturated rings. The van der Waals surface area contributed by atoms with Crippen molar-refractivity contribution < 1.29 is 9.18 Å². The molecule has 3 N–H and O–H groups in total. The third kappa shape index (κ3) is 3.23. The van der Waals surface area contributed by atoms with Crippen molar-refractivity contribution in [3.63, 3.8) is 0 Å². The number of alkyl halides is 1. The zero-order valence-electron chi connectivity index (χ0n) is 16.4. The van der Waals surface area contributed by atoms with Gasteiger partial charge in [0.25, 0.3) is 5.91 Å². The Morgan fingerprint density at radius 2 is 1.96 bits per heavy atom. The summed E-state index contributed by atoms with van der Waals surface area (Å²) in [4.78, 5) is 12.0. The number of halogens is 1. The van der Waals surface area contributed by atoms with Crippen molar-refractivity contribution in [1.29, 1.82) is 0 Å². The SMILES string of the molecule is Cc1cc(C)cc(-c2cc3c(N[C@@H]4CCC[C@]4(C)F)c(C(N)=O)cnn3c2)c1. The van der Waals surface area contributed by atoms with Crippen LogP contribution in [0.3, 0.4) is 0 Å². The molecule has 0 radical (unpaired) electrons. The summed E-state index contributed by atoms with van der Waals surface area (Å²) >= 11 is 0. The Hall–Kier alpha value is -2.89. The van der Waals surface area contributed by atoms with Crippen LogP contribution < -0.4 is 11.1 Å². The zero-order chi connectivity index (χ0) is 20.1. The molecule has 0 spiro atoms. The minimum atomic E-state index is -1.32. The number of benzene rings is 1. The van der Waals surface area contributed by atoms with E-state index in [2.05, 4.69) is 42.5 Å². The molecular formula is C22H25FN4O. The summed E-state index contributed by atoms with van der Waals surface area (Å²) in [5, 5.41) is 7.62. The number of hydrogen-bond donors (Lipinski definition) is 2. The summed E-state index contributed by atoms with van der Waals surface area (Å²) in [7, 11) is 0. The lowest BCUT2D eigenvalue weighted by atomic mass is 10.0. The third-order valence-corrected chi connectivity index (χ3v) is 5.66. The lowest BCUT2D eigenvalue weighted by Gasteiger charge is -2.26. The topological polar surface area (TPSA) is 72.4 Å². The smallest absolute Gasteiger partial charge is 0.252 e. The van der Waals surface area contributed by atoms with Crippen molar-refractivity contribution in [2.75, 3.05) is 5.32 Å². The lowest BCUT2D eigenvalue weighted by molar-refractivity contribution is 0.1000. The number of amides is 1. The van der Waals surface area contributed by atoms with Crippen LogP contribution in [-0.2, 0) is 0 Å². The number of nitrogens with one attached hydrogen (secondary N) is 1. The number of rotatable bonds is 4. The van der Waals surface area contributed by atoms with Crippen molar-refractivity contribution in [2.24, 2.45) is 5.73 Å². The molecule has 28 heavy (non-hydrogen) atoms. The Balaban J connectivity index is 1.85. The second-order valence-electron chi connectivity index (χ2n) is 8.10. The van der Waals surface area contributed by atoms with Crippen LogP contribution in [0.25, 0.3) is 16.6 Å². The van der Waals surface area contributed by atoms with Crippen LogP contribution in [-0.4, -0.2) is 27.2 Å². The molecule has 1 amide bonds. The molecule has 1 aromatic carbocycles. The average Bonchev–Trinajstić information content (AvgIpc) is 3.17. The molecule has 146 valence electrons. The van der Waals surface area contributed by atoms with Gasteiger partial charge in [0.15, 0.2) is 0 Å². The van der Waals surface area contributed by atoms with Gasteiger partial charge in [-0.1, -0.05) is 29.3 Å². The first-order chi connectivity index (χ1) is 13.2. The minimum Gasteiger partial charge on any atom is -0.377 e. The van der Waals surface area contributed by atoms with Gasteiger partial charge in [-0.15, -0.1) is 0 Å². The van der Waals surface area contributed by atoms with Crippen LogP contribution in [0.5, 0.6) is 0 Å². The number of fused-ring (bicyclic) bond motifs is 1. The lowest BCUT2D eigenvalue weighted by Crippen LogP contribution is -2.36. The standard InChI is InChI=1S/C22H25FN4O/c1-13-7-14(2)9-15(8-13)16-10-18-20(26-19-5-4-6-22(19,3)23)17(21(24)28)11-25-27(18)12-16/h7-12,19,26H,4-6H2,1-3H3,(H2,24,28)/t19-,22+/m1/s1. The molecule has 4 rings (SSSR count). The fourth-order valence-corrected chi connectivity index (χ4v) is 4.22. The molecule has 0 bridgehead atoms. The summed E-state index contributed by atoms with van der Waals surface area (Å²) in [6, 6.07) is 7.95. The van der Waals surface area contributed by atoms with E-state index in [1.165, 1.54) is 17.3 Å². The minimum absolute atomic E-state index is 0.278. The number of aromatic nitrogens is 2. The first kappa shape index (κ1) is 18.5. The number of primary amides is 1. The Morgan fingerprint density at radius 3 is 2.57 bits per heavy atom. The summed E-state index contributed by atoms with van der Waals surface area (Å²) in [6.07, 6.45) is 5.40. The second kappa shape index (κ2) is 6.62. The number of carbonyl (C=O) groups is 1. The normalized spacial score (nSPS) is 21.9. The van der Waals surface area contributed by atoms with Crippen LogP contribution in [0, 0.1) is 13.8 Å². The summed E-state index contributed by atoms with van der Waals surface area (Å²) in [5.41, 5.74) is 10.2. The fourth-order valence-electron chi connectivity index (χ4n) is 4.22. The maximum Gasteiger partial charge on any atom is 0.252 e. The van der Waals surface area contributed by atoms with Crippen molar-refractivity contribution >= 4 is 17.1 Å². The quantitative estimate of drug-likeness (QED) is 0.704. The monoisotopic (exact) mass is 380 g/mol. The van der Waals surface area contributed by atoms with Gasteiger partial charge in [0.2, 0.25) is 0 Å². The maximum absolute atomic E-state index is 14.9. The van der Waals surface area contributed by atoms with Gasteiger partial charge in [-0.3, -0.25) is 4.79 Å². The van der Waals surface area contributed by atoms with E-state index in [9.17, 15) is 9.18 Å². The molecule has 0 unspecified atom stereocenters. The van der Waals surface area contributed by atoms with Crippen LogP contribution in [0.15, 0.2) is 36.7 Å². The molecule has 5 nitrogen and oxygen atoms in total. The van der Waals surface area contributed by atoms with Gasteiger partial charge in [-0.25, -0.2) is 8.91 Å². The van der Waals surface area contributed by atoms with Gasteiger partial charge in [-0.05, 0) is 51.7 Å². The molecule has 2 aromatic heterocycles. The number of anilines is 1. The highest BCUT2D eigenvalue weighted by molar-refractivity contribution is 6.02. The first-order valence-electron chi connectivity index (χ1n) is 9.60. The summed E-state index contributed by atoms with van der Waals surface area (Å²) in [5.74, 6) is -0.579. The Kier molecular flexibility index (Phi) is 4.37. The third-order valence-electron chi connectivity index (χ3n) is 5.66. The van der Waals surface area contributed by atoms with Gasteiger partial charge in [-0.2, -0.15) is 5.10 Å². The Labute approximate surface area is 163 Å². The molecule has 6 heteroatoms. The molecule has 0 saturated heterocycles. The van der Waals surface area contributed by atoms with Crippen molar-refractivity contribution in [3.8, 4) is 11.1 Å². The van der Waals surface area contributed by atoms with Crippen LogP contribution in [0.4, 0.5) is 10.1 Å². The van der Waals surface area contributed by atoms with E-state index >= 15 is 0 Å². The molecule has 1 aliphatic carbocycles. The van der Waals surface area contributed by atoms with Crippen LogP contribution >= 0.6 is 0 Å². The number of aryl methyl sites for hydroxylation is 2. The predicted molar refractivity (Wildman–Crippen MR) is 109 cm³/mol. The predicted octanol–water partition coefficient (Wildman–Crippen LogP) is 4.41. The average molecular weight is 380 g/mol. The van der Waals surface area contributed by atoms with Crippen molar-refractivity contribution in [3.05, 3.63) is 53.3 Å². The number of nitrogens with zero attached hydrogens (tertiary/aromatic N) is 2. The molecule has 3 aromatic rings. The molecular weight excluding hydrogens is 355 g/mol. The van der Waals surface area contributed by atoms with E-state index in [0.717, 1.165) is 17.5 Å². The summed E-state index contributed by atoms with van der Waals surface area (Å²) in [6.45, 7) is 5.73. The van der Waals surface area contributed by atoms with E-state index in [4.69, 9.17) is 5.73 Å². The first-order valence-corrected chi connectivity index (χ1v) is 9.60. The van der Waals surface area contributed by atoms with E-state index in [1.807, 2.05) is 12.3 Å². The van der Waals surface area contributed by atoms with Crippen LogP contribution in [0.2, 0.25) is 0 Å². The van der Waals surface area contributed by atoms with Gasteiger partial charge in [0.1, 0.15) is 5.67 Å². The van der Waals surface area contributed by atoms with E-state index in [-0.39, 0.29) is 11.6 Å². The van der Waals surface area contributed by atoms with E-state index in [1.54, 1.807) is 11.4 Å². The molecule has 2 heterocycles.